The molecule has 0 aliphatic carbocycles. The number of aliphatic hydroxyl groups excluding tert-OH is 1. The standard InChI is InChI=1S/C27H34N2O7/c1-7-28(8-2)11-12-29-23(17-14-20(34-4)26(36-6)21(15-17)35-5)22(25(32)27(29)33)24(31)18-13-16(3)9-10-19(18)30/h9-10,13-15,23,30-31H,7-8,11-12H2,1-6H3/t23-/m1/s1. The Morgan fingerprint density at radius 2 is 1.61 bits per heavy atom. The van der Waals surface area contributed by atoms with Crippen LogP contribution in [0.5, 0.6) is 23.0 Å². The summed E-state index contributed by atoms with van der Waals surface area (Å²) in [6.45, 7) is 8.21. The minimum Gasteiger partial charge on any atom is -0.507 e. The molecule has 1 saturated heterocycles. The van der Waals surface area contributed by atoms with Crippen molar-refractivity contribution in [1.82, 2.24) is 9.80 Å². The molecule has 3 rings (SSSR count). The van der Waals surface area contributed by atoms with Gasteiger partial charge in [-0.15, -0.1) is 0 Å². The third-order valence-electron chi connectivity index (χ3n) is 6.50. The summed E-state index contributed by atoms with van der Waals surface area (Å²) in [5.74, 6) is -1.14. The van der Waals surface area contributed by atoms with E-state index < -0.39 is 23.5 Å². The lowest BCUT2D eigenvalue weighted by Crippen LogP contribution is -2.38. The van der Waals surface area contributed by atoms with Gasteiger partial charge in [0.15, 0.2) is 11.5 Å². The summed E-state index contributed by atoms with van der Waals surface area (Å²) in [5.41, 5.74) is 1.23. The number of carbonyl (C=O) groups excluding carboxylic acids is 2. The Labute approximate surface area is 211 Å². The summed E-state index contributed by atoms with van der Waals surface area (Å²) >= 11 is 0. The van der Waals surface area contributed by atoms with E-state index >= 15 is 0 Å². The van der Waals surface area contributed by atoms with E-state index in [1.54, 1.807) is 31.2 Å². The van der Waals surface area contributed by atoms with Crippen molar-refractivity contribution in [3.63, 3.8) is 0 Å². The van der Waals surface area contributed by atoms with Gasteiger partial charge in [-0.3, -0.25) is 9.59 Å². The van der Waals surface area contributed by atoms with Crippen LogP contribution in [0, 0.1) is 6.92 Å². The van der Waals surface area contributed by atoms with Gasteiger partial charge in [0.05, 0.1) is 38.5 Å². The first kappa shape index (κ1) is 26.9. The van der Waals surface area contributed by atoms with Crippen molar-refractivity contribution in [3.05, 3.63) is 52.6 Å². The predicted octanol–water partition coefficient (Wildman–Crippen LogP) is 3.49. The lowest BCUT2D eigenvalue weighted by molar-refractivity contribution is -0.140. The van der Waals surface area contributed by atoms with Crippen LogP contribution in [0.15, 0.2) is 35.9 Å². The van der Waals surface area contributed by atoms with Gasteiger partial charge in [-0.2, -0.15) is 0 Å². The average molecular weight is 499 g/mol. The smallest absolute Gasteiger partial charge is 0.295 e. The van der Waals surface area contributed by atoms with Crippen molar-refractivity contribution < 1.29 is 34.0 Å². The largest absolute Gasteiger partial charge is 0.507 e. The highest BCUT2D eigenvalue weighted by Crippen LogP contribution is 2.46. The number of phenolic OH excluding ortho intramolecular Hbond substituents is 1. The van der Waals surface area contributed by atoms with Gasteiger partial charge in [-0.25, -0.2) is 0 Å². The van der Waals surface area contributed by atoms with Crippen molar-refractivity contribution in [2.24, 2.45) is 0 Å². The second-order valence-electron chi connectivity index (χ2n) is 8.50. The molecule has 0 saturated carbocycles. The number of rotatable bonds is 10. The quantitative estimate of drug-likeness (QED) is 0.291. The number of carbonyl (C=O) groups is 2. The molecule has 9 heteroatoms. The number of aromatic hydroxyl groups is 1. The number of hydrogen-bond donors (Lipinski definition) is 2. The number of nitrogens with zero attached hydrogens (tertiary/aromatic N) is 2. The number of Topliss-reactive ketones (excluding diaryl/α,β-unsaturated/α-hetero) is 1. The van der Waals surface area contributed by atoms with Gasteiger partial charge in [-0.1, -0.05) is 25.5 Å². The number of hydrogen-bond acceptors (Lipinski definition) is 8. The molecule has 1 amide bonds. The molecule has 1 atom stereocenters. The number of ether oxygens (including phenoxy) is 3. The number of likely N-dealkylation sites (tertiary alicyclic amines) is 1. The van der Waals surface area contributed by atoms with Gasteiger partial charge in [0, 0.05) is 13.1 Å². The molecule has 0 aromatic heterocycles. The van der Waals surface area contributed by atoms with E-state index in [4.69, 9.17) is 14.2 Å². The van der Waals surface area contributed by atoms with E-state index in [2.05, 4.69) is 4.90 Å². The number of methoxy groups -OCH3 is 3. The molecule has 36 heavy (non-hydrogen) atoms. The highest BCUT2D eigenvalue weighted by molar-refractivity contribution is 6.46. The molecule has 2 aromatic rings. The molecule has 0 radical (unpaired) electrons. The normalized spacial score (nSPS) is 17.1. The number of ketones is 1. The summed E-state index contributed by atoms with van der Waals surface area (Å²) < 4.78 is 16.4. The maximum absolute atomic E-state index is 13.3. The van der Waals surface area contributed by atoms with E-state index in [-0.39, 0.29) is 23.4 Å². The molecule has 2 aromatic carbocycles. The van der Waals surface area contributed by atoms with Crippen LogP contribution >= 0.6 is 0 Å². The van der Waals surface area contributed by atoms with E-state index in [1.165, 1.54) is 32.3 Å². The summed E-state index contributed by atoms with van der Waals surface area (Å²) in [6, 6.07) is 7.08. The van der Waals surface area contributed by atoms with Gasteiger partial charge < -0.3 is 34.2 Å². The van der Waals surface area contributed by atoms with Crippen molar-refractivity contribution in [3.8, 4) is 23.0 Å². The van der Waals surface area contributed by atoms with Crippen molar-refractivity contribution >= 4 is 17.4 Å². The molecular weight excluding hydrogens is 464 g/mol. The highest BCUT2D eigenvalue weighted by Gasteiger charge is 2.46. The summed E-state index contributed by atoms with van der Waals surface area (Å²) in [5, 5.41) is 21.8. The molecule has 1 heterocycles. The first-order chi connectivity index (χ1) is 17.2. The lowest BCUT2D eigenvalue weighted by atomic mass is 9.94. The first-order valence-corrected chi connectivity index (χ1v) is 11.8. The Balaban J connectivity index is 2.26. The minimum absolute atomic E-state index is 0.0779. The van der Waals surface area contributed by atoms with E-state index in [0.29, 0.717) is 29.4 Å². The van der Waals surface area contributed by atoms with Crippen LogP contribution in [0.25, 0.3) is 5.76 Å². The molecule has 1 aliphatic rings. The van der Waals surface area contributed by atoms with Gasteiger partial charge in [0.25, 0.3) is 11.7 Å². The average Bonchev–Trinajstić information content (AvgIpc) is 3.14. The minimum atomic E-state index is -0.936. The Morgan fingerprint density at radius 1 is 1.00 bits per heavy atom. The topological polar surface area (TPSA) is 109 Å². The van der Waals surface area contributed by atoms with Crippen LogP contribution in [0.4, 0.5) is 0 Å². The molecule has 194 valence electrons. The number of amides is 1. The monoisotopic (exact) mass is 498 g/mol. The summed E-state index contributed by atoms with van der Waals surface area (Å²) in [4.78, 5) is 30.2. The number of phenols is 1. The molecular formula is C27H34N2O7. The lowest BCUT2D eigenvalue weighted by Gasteiger charge is -2.29. The molecule has 0 unspecified atom stereocenters. The van der Waals surface area contributed by atoms with E-state index in [1.807, 2.05) is 13.8 Å². The molecule has 2 N–H and O–H groups in total. The van der Waals surface area contributed by atoms with Gasteiger partial charge in [0.1, 0.15) is 11.5 Å². The SMILES string of the molecule is CCN(CC)CCN1C(=O)C(=O)C(=C(O)c2cc(C)ccc2O)[C@H]1c1cc(OC)c(OC)c(OC)c1. The third-order valence-corrected chi connectivity index (χ3v) is 6.50. The molecule has 1 aliphatic heterocycles. The zero-order chi connectivity index (χ0) is 26.6. The zero-order valence-corrected chi connectivity index (χ0v) is 21.6. The second kappa shape index (κ2) is 11.3. The van der Waals surface area contributed by atoms with Crippen LogP contribution in [-0.4, -0.2) is 79.2 Å². The van der Waals surface area contributed by atoms with Gasteiger partial charge >= 0.3 is 0 Å². The highest BCUT2D eigenvalue weighted by atomic mass is 16.5. The second-order valence-corrected chi connectivity index (χ2v) is 8.50. The summed E-state index contributed by atoms with van der Waals surface area (Å²) in [6.07, 6.45) is 0. The van der Waals surface area contributed by atoms with Crippen LogP contribution in [0.3, 0.4) is 0 Å². The van der Waals surface area contributed by atoms with E-state index in [9.17, 15) is 19.8 Å². The fraction of sp³-hybridized carbons (Fsp3) is 0.407. The first-order valence-electron chi connectivity index (χ1n) is 11.8. The van der Waals surface area contributed by atoms with Crippen LogP contribution < -0.4 is 14.2 Å². The van der Waals surface area contributed by atoms with Crippen LogP contribution in [0.1, 0.15) is 36.6 Å². The molecule has 0 bridgehead atoms. The van der Waals surface area contributed by atoms with Gasteiger partial charge in [-0.05, 0) is 49.8 Å². The number of benzene rings is 2. The number of aliphatic hydroxyl groups is 1. The molecule has 9 nitrogen and oxygen atoms in total. The Hall–Kier alpha value is -3.72. The Bertz CT molecular complexity index is 1150. The molecule has 0 spiro atoms. The van der Waals surface area contributed by atoms with Crippen molar-refractivity contribution in [2.75, 3.05) is 47.5 Å². The zero-order valence-electron chi connectivity index (χ0n) is 21.6. The molecule has 1 fully saturated rings. The van der Waals surface area contributed by atoms with Crippen LogP contribution in [-0.2, 0) is 9.59 Å². The van der Waals surface area contributed by atoms with Crippen molar-refractivity contribution in [2.45, 2.75) is 26.8 Å². The predicted molar refractivity (Wildman–Crippen MR) is 136 cm³/mol. The Kier molecular flexibility index (Phi) is 8.47. The summed E-state index contributed by atoms with van der Waals surface area (Å²) in [7, 11) is 4.43. The maximum Gasteiger partial charge on any atom is 0.295 e. The number of aryl methyl sites for hydroxylation is 1. The fourth-order valence-corrected chi connectivity index (χ4v) is 4.49. The van der Waals surface area contributed by atoms with Gasteiger partial charge in [0.2, 0.25) is 5.75 Å². The maximum atomic E-state index is 13.3. The van der Waals surface area contributed by atoms with E-state index in [0.717, 1.165) is 18.7 Å². The Morgan fingerprint density at radius 3 is 2.14 bits per heavy atom. The fourth-order valence-electron chi connectivity index (χ4n) is 4.49. The third kappa shape index (κ3) is 4.97. The number of likely N-dealkylation sites (N-methyl/N-ethyl adjacent to an activating group) is 1. The van der Waals surface area contributed by atoms with Crippen LogP contribution in [0.2, 0.25) is 0 Å². The van der Waals surface area contributed by atoms with Crippen molar-refractivity contribution in [1.29, 1.82) is 0 Å².